The molecule has 0 aliphatic carbocycles. The van der Waals surface area contributed by atoms with Crippen LogP contribution in [-0.2, 0) is 4.79 Å². The van der Waals surface area contributed by atoms with Crippen molar-refractivity contribution in [1.82, 2.24) is 0 Å². The van der Waals surface area contributed by atoms with Gasteiger partial charge >= 0.3 is 0 Å². The van der Waals surface area contributed by atoms with Gasteiger partial charge in [-0.3, -0.25) is 4.79 Å². The lowest BCUT2D eigenvalue weighted by atomic mass is 10.0. The molecule has 0 unspecified atom stereocenters. The Bertz CT molecular complexity index is 171. The van der Waals surface area contributed by atoms with E-state index in [9.17, 15) is 4.79 Å². The Morgan fingerprint density at radius 2 is 2.08 bits per heavy atom. The fourth-order valence-corrected chi connectivity index (χ4v) is 1.10. The highest BCUT2D eigenvalue weighted by atomic mass is 16.1. The van der Waals surface area contributed by atoms with Crippen LogP contribution in [0.1, 0.15) is 40.0 Å². The van der Waals surface area contributed by atoms with E-state index in [-0.39, 0.29) is 5.91 Å². The van der Waals surface area contributed by atoms with E-state index in [0.717, 1.165) is 24.3 Å². The normalized spacial score (nSPS) is 12.2. The van der Waals surface area contributed by atoms with E-state index in [1.165, 1.54) is 12.5 Å². The van der Waals surface area contributed by atoms with Crippen LogP contribution in [0.5, 0.6) is 0 Å². The number of nitrogens with two attached hydrogens (primary N) is 1. The maximum Gasteiger partial charge on any atom is 0.241 e. The maximum absolute atomic E-state index is 10.5. The van der Waals surface area contributed by atoms with Gasteiger partial charge < -0.3 is 5.73 Å². The Balaban J connectivity index is 3.57. The molecule has 0 bridgehead atoms. The number of rotatable bonds is 5. The van der Waals surface area contributed by atoms with Gasteiger partial charge in [-0.25, -0.2) is 0 Å². The molecule has 2 nitrogen and oxygen atoms in total. The maximum atomic E-state index is 10.5. The van der Waals surface area contributed by atoms with Crippen molar-refractivity contribution in [1.29, 1.82) is 0 Å². The third-order valence-electron chi connectivity index (χ3n) is 1.74. The van der Waals surface area contributed by atoms with E-state index >= 15 is 0 Å². The van der Waals surface area contributed by atoms with Crippen LogP contribution in [0.25, 0.3) is 0 Å². The molecule has 0 aliphatic rings. The Hall–Kier alpha value is -0.790. The van der Waals surface area contributed by atoms with Crippen molar-refractivity contribution in [2.45, 2.75) is 40.0 Å². The zero-order chi connectivity index (χ0) is 9.56. The monoisotopic (exact) mass is 169 g/mol. The first-order chi connectivity index (χ1) is 5.52. The van der Waals surface area contributed by atoms with Crippen molar-refractivity contribution < 1.29 is 4.79 Å². The summed E-state index contributed by atoms with van der Waals surface area (Å²) in [6, 6.07) is 0. The quantitative estimate of drug-likeness (QED) is 0.630. The van der Waals surface area contributed by atoms with Gasteiger partial charge in [-0.2, -0.15) is 0 Å². The molecule has 0 spiro atoms. The molecule has 70 valence electrons. The van der Waals surface area contributed by atoms with E-state index < -0.39 is 0 Å². The fourth-order valence-electron chi connectivity index (χ4n) is 1.10. The fraction of sp³-hybridized carbons (Fsp3) is 0.700. The highest BCUT2D eigenvalue weighted by molar-refractivity contribution is 5.86. The molecule has 0 aliphatic heterocycles. The zero-order valence-electron chi connectivity index (χ0n) is 8.26. The van der Waals surface area contributed by atoms with Crippen LogP contribution in [0.2, 0.25) is 0 Å². The minimum Gasteiger partial charge on any atom is -0.366 e. The molecule has 0 heterocycles. The summed E-state index contributed by atoms with van der Waals surface area (Å²) in [5.74, 6) is 0.406. The molecule has 0 rings (SSSR count). The van der Waals surface area contributed by atoms with Gasteiger partial charge in [0.1, 0.15) is 0 Å². The summed E-state index contributed by atoms with van der Waals surface area (Å²) in [5, 5.41) is 0. The highest BCUT2D eigenvalue weighted by Gasteiger charge is 1.96. The number of hydrogen-bond donors (Lipinski definition) is 1. The lowest BCUT2D eigenvalue weighted by molar-refractivity contribution is -0.113. The number of carbonyl (C=O) groups excluding carboxylic acids is 1. The summed E-state index contributed by atoms with van der Waals surface area (Å²) in [6.07, 6.45) is 4.86. The summed E-state index contributed by atoms with van der Waals surface area (Å²) >= 11 is 0. The third kappa shape index (κ3) is 7.32. The summed E-state index contributed by atoms with van der Waals surface area (Å²) in [4.78, 5) is 10.5. The lowest BCUT2D eigenvalue weighted by Crippen LogP contribution is -2.06. The number of allylic oxidation sites excluding steroid dienone is 1. The smallest absolute Gasteiger partial charge is 0.241 e. The standard InChI is InChI=1S/C10H19NO/c1-8(2)5-4-6-9(3)7-10(11)12/h7-8H,4-6H2,1-3H3,(H2,11,12)/b9-7+. The molecule has 0 fully saturated rings. The van der Waals surface area contributed by atoms with Gasteiger partial charge in [0.2, 0.25) is 5.91 Å². The third-order valence-corrected chi connectivity index (χ3v) is 1.74. The first kappa shape index (κ1) is 11.2. The minimum atomic E-state index is -0.336. The second kappa shape index (κ2) is 5.81. The summed E-state index contributed by atoms with van der Waals surface area (Å²) in [6.45, 7) is 6.35. The van der Waals surface area contributed by atoms with Gasteiger partial charge in [-0.1, -0.05) is 25.8 Å². The number of hydrogen-bond acceptors (Lipinski definition) is 1. The Morgan fingerprint density at radius 1 is 1.50 bits per heavy atom. The van der Waals surface area contributed by atoms with Crippen molar-refractivity contribution in [3.8, 4) is 0 Å². The Morgan fingerprint density at radius 3 is 2.50 bits per heavy atom. The largest absolute Gasteiger partial charge is 0.366 e. The van der Waals surface area contributed by atoms with Crippen molar-refractivity contribution in [3.05, 3.63) is 11.6 Å². The molecule has 0 aromatic rings. The Labute approximate surface area is 74.8 Å². The predicted octanol–water partition coefficient (Wildman–Crippen LogP) is 2.24. The first-order valence-electron chi connectivity index (χ1n) is 4.49. The molecule has 2 heteroatoms. The minimum absolute atomic E-state index is 0.336. The van der Waals surface area contributed by atoms with Gasteiger partial charge in [0.05, 0.1) is 0 Å². The van der Waals surface area contributed by atoms with Gasteiger partial charge in [0.15, 0.2) is 0 Å². The molecule has 2 N–H and O–H groups in total. The molecule has 0 saturated carbocycles. The van der Waals surface area contributed by atoms with E-state index in [2.05, 4.69) is 13.8 Å². The average molecular weight is 169 g/mol. The molecule has 0 saturated heterocycles. The molecular weight excluding hydrogens is 150 g/mol. The summed E-state index contributed by atoms with van der Waals surface area (Å²) < 4.78 is 0. The van der Waals surface area contributed by atoms with Crippen molar-refractivity contribution in [3.63, 3.8) is 0 Å². The Kier molecular flexibility index (Phi) is 5.43. The van der Waals surface area contributed by atoms with E-state index in [1.807, 2.05) is 6.92 Å². The number of amides is 1. The van der Waals surface area contributed by atoms with Gasteiger partial charge in [-0.05, 0) is 25.7 Å². The number of primary amides is 1. The molecule has 0 atom stereocenters. The molecule has 0 aromatic carbocycles. The number of carbonyl (C=O) groups is 1. The van der Waals surface area contributed by atoms with Crippen molar-refractivity contribution in [2.24, 2.45) is 11.7 Å². The zero-order valence-corrected chi connectivity index (χ0v) is 8.26. The van der Waals surface area contributed by atoms with E-state index in [1.54, 1.807) is 0 Å². The van der Waals surface area contributed by atoms with Crippen LogP contribution in [0.15, 0.2) is 11.6 Å². The molecule has 0 aromatic heterocycles. The van der Waals surface area contributed by atoms with Crippen LogP contribution in [-0.4, -0.2) is 5.91 Å². The SMILES string of the molecule is C/C(=C\C(N)=O)CCCC(C)C. The van der Waals surface area contributed by atoms with Gasteiger partial charge in [0, 0.05) is 6.08 Å². The van der Waals surface area contributed by atoms with Crippen LogP contribution in [0.3, 0.4) is 0 Å². The van der Waals surface area contributed by atoms with E-state index in [4.69, 9.17) is 5.73 Å². The average Bonchev–Trinajstić information content (AvgIpc) is 1.84. The molecule has 1 amide bonds. The van der Waals surface area contributed by atoms with Crippen LogP contribution >= 0.6 is 0 Å². The summed E-state index contributed by atoms with van der Waals surface area (Å²) in [7, 11) is 0. The molecular formula is C10H19NO. The van der Waals surface area contributed by atoms with Gasteiger partial charge in [-0.15, -0.1) is 0 Å². The van der Waals surface area contributed by atoms with Gasteiger partial charge in [0.25, 0.3) is 0 Å². The van der Waals surface area contributed by atoms with Crippen LogP contribution in [0, 0.1) is 5.92 Å². The van der Waals surface area contributed by atoms with Crippen molar-refractivity contribution in [2.75, 3.05) is 0 Å². The first-order valence-corrected chi connectivity index (χ1v) is 4.49. The summed E-state index contributed by atoms with van der Waals surface area (Å²) in [5.41, 5.74) is 6.10. The van der Waals surface area contributed by atoms with Crippen LogP contribution < -0.4 is 5.73 Å². The lowest BCUT2D eigenvalue weighted by Gasteiger charge is -2.03. The molecule has 12 heavy (non-hydrogen) atoms. The highest BCUT2D eigenvalue weighted by Crippen LogP contribution is 2.10. The predicted molar refractivity (Wildman–Crippen MR) is 51.6 cm³/mol. The molecule has 0 radical (unpaired) electrons. The van der Waals surface area contributed by atoms with E-state index in [0.29, 0.717) is 0 Å². The van der Waals surface area contributed by atoms with Crippen LogP contribution in [0.4, 0.5) is 0 Å². The second-order valence-electron chi connectivity index (χ2n) is 3.68. The van der Waals surface area contributed by atoms with Crippen molar-refractivity contribution >= 4 is 5.91 Å². The topological polar surface area (TPSA) is 43.1 Å². The second-order valence-corrected chi connectivity index (χ2v) is 3.68.